The van der Waals surface area contributed by atoms with Gasteiger partial charge in [-0.15, -0.1) is 0 Å². The second-order valence-corrected chi connectivity index (χ2v) is 2.46. The Bertz CT molecular complexity index is 330. The largest absolute Gasteiger partial charge is 0.193 e. The molecule has 0 rings (SSSR count). The van der Waals surface area contributed by atoms with Crippen molar-refractivity contribution >= 4 is 0 Å². The summed E-state index contributed by atoms with van der Waals surface area (Å²) in [7, 11) is 0. The normalized spacial score (nSPS) is 7.50. The van der Waals surface area contributed by atoms with Crippen molar-refractivity contribution in [2.45, 2.75) is 27.2 Å². The maximum atomic E-state index is 7.86. The number of rotatable bonds is 1. The van der Waals surface area contributed by atoms with Crippen LogP contribution in [0.2, 0.25) is 0 Å². The molecule has 84 valence electrons. The molecule has 16 heavy (non-hydrogen) atoms. The highest BCUT2D eigenvalue weighted by Crippen LogP contribution is 1.75. The van der Waals surface area contributed by atoms with Crippen molar-refractivity contribution in [3.8, 4) is 18.2 Å². The summed E-state index contributed by atoms with van der Waals surface area (Å²) >= 11 is 0. The molecule has 3 heteroatoms. The summed E-state index contributed by atoms with van der Waals surface area (Å²) in [6, 6.07) is 5.56. The minimum Gasteiger partial charge on any atom is -0.193 e. The molecule has 0 aromatic rings. The number of allylic oxidation sites excluding steroid dienone is 5. The second-order valence-electron chi connectivity index (χ2n) is 2.46. The van der Waals surface area contributed by atoms with Crippen LogP contribution in [-0.2, 0) is 0 Å². The lowest BCUT2D eigenvalue weighted by atomic mass is 10.4. The van der Waals surface area contributed by atoms with E-state index in [1.165, 1.54) is 12.2 Å². The highest BCUT2D eigenvalue weighted by Gasteiger charge is 1.64. The Morgan fingerprint density at radius 3 is 1.69 bits per heavy atom. The summed E-state index contributed by atoms with van der Waals surface area (Å²) in [4.78, 5) is 0. The molecule has 0 aliphatic rings. The van der Waals surface area contributed by atoms with E-state index in [4.69, 9.17) is 15.8 Å². The van der Waals surface area contributed by atoms with Gasteiger partial charge < -0.3 is 0 Å². The molecule has 0 radical (unpaired) electrons. The van der Waals surface area contributed by atoms with Crippen molar-refractivity contribution in [1.82, 2.24) is 0 Å². The molecule has 0 saturated heterocycles. The predicted octanol–water partition coefficient (Wildman–Crippen LogP) is 3.65. The van der Waals surface area contributed by atoms with Crippen molar-refractivity contribution in [1.29, 1.82) is 15.8 Å². The minimum absolute atomic E-state index is 0.560. The quantitative estimate of drug-likeness (QED) is 0.627. The summed E-state index contributed by atoms with van der Waals surface area (Å²) < 4.78 is 0. The molecule has 0 amide bonds. The summed E-state index contributed by atoms with van der Waals surface area (Å²) in [5.41, 5.74) is 0.560. The maximum absolute atomic E-state index is 7.86. The Morgan fingerprint density at radius 1 is 1.19 bits per heavy atom. The molecule has 0 saturated carbocycles. The van der Waals surface area contributed by atoms with Crippen LogP contribution in [0.4, 0.5) is 0 Å². The van der Waals surface area contributed by atoms with E-state index < -0.39 is 0 Å². The van der Waals surface area contributed by atoms with E-state index in [1.54, 1.807) is 13.0 Å². The van der Waals surface area contributed by atoms with Gasteiger partial charge in [0.1, 0.15) is 0 Å². The molecule has 0 aliphatic carbocycles. The van der Waals surface area contributed by atoms with Crippen LogP contribution in [0.25, 0.3) is 0 Å². The van der Waals surface area contributed by atoms with Gasteiger partial charge in [-0.2, -0.15) is 15.8 Å². The van der Waals surface area contributed by atoms with Crippen molar-refractivity contribution < 1.29 is 0 Å². The van der Waals surface area contributed by atoms with Crippen LogP contribution < -0.4 is 0 Å². The van der Waals surface area contributed by atoms with Crippen LogP contribution in [0.3, 0.4) is 0 Å². The standard InChI is InChI=1S/C5H7N.2C4H5N/c1-2-3-4-5-6;1-4(2)3-5;1-2-3-4-5/h3-4H,2H2,1H3;1H2,2H3;2-3H,1H3/b4-3-;;3-2+. The molecule has 0 spiro atoms. The molecule has 0 aliphatic heterocycles. The first-order valence-electron chi connectivity index (χ1n) is 4.71. The molecule has 0 aromatic carbocycles. The summed E-state index contributed by atoms with van der Waals surface area (Å²) in [6.07, 6.45) is 7.38. The van der Waals surface area contributed by atoms with Gasteiger partial charge >= 0.3 is 0 Å². The highest BCUT2D eigenvalue weighted by molar-refractivity contribution is 5.11. The summed E-state index contributed by atoms with van der Waals surface area (Å²) in [5.74, 6) is 0. The van der Waals surface area contributed by atoms with E-state index >= 15 is 0 Å². The lowest BCUT2D eigenvalue weighted by Gasteiger charge is -1.63. The van der Waals surface area contributed by atoms with Gasteiger partial charge in [-0.1, -0.05) is 25.7 Å². The molecule has 0 bridgehead atoms. The lowest BCUT2D eigenvalue weighted by molar-refractivity contribution is 1.22. The average Bonchev–Trinajstić information content (AvgIpc) is 2.29. The van der Waals surface area contributed by atoms with Gasteiger partial charge in [0.15, 0.2) is 0 Å². The molecule has 0 unspecified atom stereocenters. The molecule has 0 aromatic heterocycles. The van der Waals surface area contributed by atoms with Crippen molar-refractivity contribution in [3.63, 3.8) is 0 Å². The maximum Gasteiger partial charge on any atom is 0.0937 e. The number of hydrogen-bond acceptors (Lipinski definition) is 3. The Kier molecular flexibility index (Phi) is 27.7. The van der Waals surface area contributed by atoms with Crippen molar-refractivity contribution in [3.05, 3.63) is 36.5 Å². The SMILES string of the molecule is C/C=C/C#N.C=C(C)C#N.CC/C=C\C#N. The number of nitriles is 3. The first kappa shape index (κ1) is 19.3. The second kappa shape index (κ2) is 23.0. The topological polar surface area (TPSA) is 71.4 Å². The van der Waals surface area contributed by atoms with E-state index in [2.05, 4.69) is 6.58 Å². The van der Waals surface area contributed by atoms with Gasteiger partial charge in [-0.25, -0.2) is 0 Å². The highest BCUT2D eigenvalue weighted by atomic mass is 14.2. The number of nitrogens with zero attached hydrogens (tertiary/aromatic N) is 3. The van der Waals surface area contributed by atoms with Crippen LogP contribution in [0.5, 0.6) is 0 Å². The van der Waals surface area contributed by atoms with E-state index in [1.807, 2.05) is 38.1 Å². The fraction of sp³-hybridized carbons (Fsp3) is 0.308. The fourth-order valence-corrected chi connectivity index (χ4v) is 0.245. The third-order valence-electron chi connectivity index (χ3n) is 0.860. The molecular formula is C13H17N3. The Morgan fingerprint density at radius 2 is 1.62 bits per heavy atom. The van der Waals surface area contributed by atoms with Crippen LogP contribution in [0.15, 0.2) is 36.5 Å². The Labute approximate surface area is 98.2 Å². The van der Waals surface area contributed by atoms with E-state index in [-0.39, 0.29) is 0 Å². The van der Waals surface area contributed by atoms with Gasteiger partial charge in [0.05, 0.1) is 18.2 Å². The first-order valence-corrected chi connectivity index (χ1v) is 4.71. The van der Waals surface area contributed by atoms with Crippen molar-refractivity contribution in [2.75, 3.05) is 0 Å². The average molecular weight is 215 g/mol. The molecular weight excluding hydrogens is 198 g/mol. The third kappa shape index (κ3) is 60.7. The zero-order valence-electron chi connectivity index (χ0n) is 10.1. The van der Waals surface area contributed by atoms with Crippen LogP contribution in [-0.4, -0.2) is 0 Å². The van der Waals surface area contributed by atoms with E-state index in [0.29, 0.717) is 5.57 Å². The zero-order chi connectivity index (χ0) is 13.2. The smallest absolute Gasteiger partial charge is 0.0937 e. The van der Waals surface area contributed by atoms with Crippen LogP contribution >= 0.6 is 0 Å². The molecule has 0 atom stereocenters. The van der Waals surface area contributed by atoms with Gasteiger partial charge in [0.25, 0.3) is 0 Å². The Hall–Kier alpha value is -2.31. The molecule has 0 fully saturated rings. The van der Waals surface area contributed by atoms with Gasteiger partial charge in [0, 0.05) is 17.7 Å². The van der Waals surface area contributed by atoms with Gasteiger partial charge in [-0.05, 0) is 20.3 Å². The zero-order valence-corrected chi connectivity index (χ0v) is 10.1. The van der Waals surface area contributed by atoms with E-state index in [9.17, 15) is 0 Å². The summed E-state index contributed by atoms with van der Waals surface area (Å²) in [6.45, 7) is 8.78. The number of hydrogen-bond donors (Lipinski definition) is 0. The minimum atomic E-state index is 0.560. The van der Waals surface area contributed by atoms with Crippen molar-refractivity contribution in [2.24, 2.45) is 0 Å². The van der Waals surface area contributed by atoms with Crippen LogP contribution in [0.1, 0.15) is 27.2 Å². The predicted molar refractivity (Wildman–Crippen MR) is 65.9 cm³/mol. The lowest BCUT2D eigenvalue weighted by Crippen LogP contribution is -1.51. The van der Waals surface area contributed by atoms with E-state index in [0.717, 1.165) is 6.42 Å². The van der Waals surface area contributed by atoms with Crippen LogP contribution in [0, 0.1) is 34.0 Å². The van der Waals surface area contributed by atoms with Gasteiger partial charge in [0.2, 0.25) is 0 Å². The first-order chi connectivity index (χ1) is 7.60. The molecule has 3 nitrogen and oxygen atoms in total. The Balaban J connectivity index is -0.000000160. The summed E-state index contributed by atoms with van der Waals surface area (Å²) in [5, 5.41) is 23.4. The molecule has 0 N–H and O–H groups in total. The fourth-order valence-electron chi connectivity index (χ4n) is 0.245. The van der Waals surface area contributed by atoms with Gasteiger partial charge in [-0.3, -0.25) is 0 Å². The molecule has 0 heterocycles. The monoisotopic (exact) mass is 215 g/mol. The third-order valence-corrected chi connectivity index (χ3v) is 0.860.